The van der Waals surface area contributed by atoms with Gasteiger partial charge < -0.3 is 14.6 Å². The molecule has 1 aromatic rings. The Morgan fingerprint density at radius 2 is 1.87 bits per heavy atom. The van der Waals surface area contributed by atoms with Crippen LogP contribution in [0.4, 0.5) is 13.2 Å². The summed E-state index contributed by atoms with van der Waals surface area (Å²) < 4.78 is 50.1. The minimum absolute atomic E-state index is 0.101. The molecule has 1 fully saturated rings. The van der Waals surface area contributed by atoms with E-state index in [0.717, 1.165) is 25.0 Å². The molecule has 0 spiro atoms. The fourth-order valence-corrected chi connectivity index (χ4v) is 2.58. The lowest BCUT2D eigenvalue weighted by Gasteiger charge is -2.25. The highest BCUT2D eigenvalue weighted by molar-refractivity contribution is 5.19. The van der Waals surface area contributed by atoms with Gasteiger partial charge in [-0.15, -0.1) is 0 Å². The molecule has 1 aromatic carbocycles. The van der Waals surface area contributed by atoms with Crippen molar-refractivity contribution in [2.24, 2.45) is 0 Å². The summed E-state index contributed by atoms with van der Waals surface area (Å²) in [5, 5.41) is 9.98. The molecule has 0 aromatic heterocycles. The van der Waals surface area contributed by atoms with Gasteiger partial charge in [0.25, 0.3) is 0 Å². The number of benzene rings is 1. The maximum Gasteiger partial charge on any atom is 0.194 e. The van der Waals surface area contributed by atoms with E-state index >= 15 is 0 Å². The van der Waals surface area contributed by atoms with Gasteiger partial charge in [-0.2, -0.15) is 0 Å². The van der Waals surface area contributed by atoms with Gasteiger partial charge in [0.2, 0.25) is 0 Å². The van der Waals surface area contributed by atoms with Crippen LogP contribution in [0.2, 0.25) is 0 Å². The molecule has 1 N–H and O–H groups in total. The summed E-state index contributed by atoms with van der Waals surface area (Å²) in [6.07, 6.45) is 1.02. The van der Waals surface area contributed by atoms with Crippen molar-refractivity contribution >= 4 is 0 Å². The summed E-state index contributed by atoms with van der Waals surface area (Å²) in [6, 6.07) is 1.92. The van der Waals surface area contributed by atoms with Crippen LogP contribution in [0.25, 0.3) is 0 Å². The molecule has 1 aliphatic rings. The quantitative estimate of drug-likeness (QED) is 0.776. The molecule has 0 radical (unpaired) electrons. The van der Waals surface area contributed by atoms with Gasteiger partial charge in [-0.25, -0.2) is 13.2 Å². The molecule has 0 saturated carbocycles. The van der Waals surface area contributed by atoms with E-state index in [4.69, 9.17) is 9.47 Å². The monoisotopic (exact) mass is 333 g/mol. The number of halogens is 3. The van der Waals surface area contributed by atoms with E-state index in [1.54, 1.807) is 11.9 Å². The highest BCUT2D eigenvalue weighted by atomic mass is 19.2. The first-order chi connectivity index (χ1) is 11.0. The number of hydrogen-bond donors (Lipinski definition) is 1. The summed E-state index contributed by atoms with van der Waals surface area (Å²) >= 11 is 0. The Morgan fingerprint density at radius 1 is 1.26 bits per heavy atom. The number of rotatable bonds is 7. The minimum atomic E-state index is -1.47. The molecule has 0 aliphatic carbocycles. The summed E-state index contributed by atoms with van der Waals surface area (Å²) in [6.45, 7) is 2.01. The van der Waals surface area contributed by atoms with Crippen LogP contribution in [-0.2, 0) is 16.0 Å². The van der Waals surface area contributed by atoms with Crippen LogP contribution in [0.1, 0.15) is 18.4 Å². The predicted molar refractivity (Wildman–Crippen MR) is 78.4 cm³/mol. The van der Waals surface area contributed by atoms with E-state index in [-0.39, 0.29) is 25.8 Å². The van der Waals surface area contributed by atoms with Gasteiger partial charge in [-0.3, -0.25) is 4.90 Å². The van der Waals surface area contributed by atoms with E-state index in [0.29, 0.717) is 18.8 Å². The Bertz CT molecular complexity index is 486. The van der Waals surface area contributed by atoms with Gasteiger partial charge in [-0.05, 0) is 37.6 Å². The van der Waals surface area contributed by atoms with Crippen molar-refractivity contribution in [2.75, 3.05) is 33.4 Å². The fraction of sp³-hybridized carbons (Fsp3) is 0.625. The van der Waals surface area contributed by atoms with Crippen LogP contribution in [0.5, 0.6) is 0 Å². The van der Waals surface area contributed by atoms with Crippen LogP contribution in [0.3, 0.4) is 0 Å². The topological polar surface area (TPSA) is 41.9 Å². The maximum atomic E-state index is 13.2. The predicted octanol–water partition coefficient (Wildman–Crippen LogP) is 2.09. The number of aliphatic hydroxyl groups is 1. The van der Waals surface area contributed by atoms with Crippen molar-refractivity contribution in [3.05, 3.63) is 35.1 Å². The van der Waals surface area contributed by atoms with E-state index < -0.39 is 23.6 Å². The van der Waals surface area contributed by atoms with Crippen LogP contribution in [0, 0.1) is 17.5 Å². The maximum absolute atomic E-state index is 13.2. The molecule has 0 amide bonds. The van der Waals surface area contributed by atoms with Crippen LogP contribution in [-0.4, -0.2) is 55.6 Å². The first-order valence-electron chi connectivity index (χ1n) is 7.65. The van der Waals surface area contributed by atoms with E-state index in [9.17, 15) is 18.3 Å². The molecule has 23 heavy (non-hydrogen) atoms. The standard InChI is InChI=1S/C16H22F3NO3/c1-20(8-11-6-14(17)16(19)15(18)7-11)9-12(21)10-23-13-2-4-22-5-3-13/h6-7,12-13,21H,2-5,8-10H2,1H3. The van der Waals surface area contributed by atoms with E-state index in [1.165, 1.54) is 0 Å². The third-order valence-corrected chi connectivity index (χ3v) is 3.71. The molecule has 0 bridgehead atoms. The molecule has 2 rings (SSSR count). The van der Waals surface area contributed by atoms with Gasteiger partial charge in [-0.1, -0.05) is 0 Å². The number of likely N-dealkylation sites (N-methyl/N-ethyl adjacent to an activating group) is 1. The average molecular weight is 333 g/mol. The van der Waals surface area contributed by atoms with Crippen molar-refractivity contribution in [1.82, 2.24) is 4.90 Å². The molecule has 7 heteroatoms. The summed E-state index contributed by atoms with van der Waals surface area (Å²) in [5.41, 5.74) is 0.307. The molecule has 1 unspecified atom stereocenters. The zero-order valence-electron chi connectivity index (χ0n) is 13.1. The van der Waals surface area contributed by atoms with Crippen LogP contribution < -0.4 is 0 Å². The highest BCUT2D eigenvalue weighted by Crippen LogP contribution is 2.15. The van der Waals surface area contributed by atoms with Crippen molar-refractivity contribution in [2.45, 2.75) is 31.6 Å². The van der Waals surface area contributed by atoms with Gasteiger partial charge in [0.15, 0.2) is 17.5 Å². The van der Waals surface area contributed by atoms with Crippen LogP contribution in [0.15, 0.2) is 12.1 Å². The zero-order chi connectivity index (χ0) is 16.8. The van der Waals surface area contributed by atoms with E-state index in [2.05, 4.69) is 0 Å². The lowest BCUT2D eigenvalue weighted by molar-refractivity contribution is -0.0634. The second-order valence-electron chi connectivity index (χ2n) is 5.87. The summed E-state index contributed by atoms with van der Waals surface area (Å²) in [4.78, 5) is 1.70. The van der Waals surface area contributed by atoms with Gasteiger partial charge in [0, 0.05) is 26.3 Å². The molecule has 1 heterocycles. The average Bonchev–Trinajstić information content (AvgIpc) is 2.51. The number of nitrogens with zero attached hydrogens (tertiary/aromatic N) is 1. The van der Waals surface area contributed by atoms with Crippen molar-refractivity contribution in [3.63, 3.8) is 0 Å². The van der Waals surface area contributed by atoms with E-state index in [1.807, 2.05) is 0 Å². The third-order valence-electron chi connectivity index (χ3n) is 3.71. The molecule has 1 aliphatic heterocycles. The second-order valence-corrected chi connectivity index (χ2v) is 5.87. The SMILES string of the molecule is CN(Cc1cc(F)c(F)c(F)c1)CC(O)COC1CCOCC1. The number of hydrogen-bond acceptors (Lipinski definition) is 4. The Balaban J connectivity index is 1.76. The zero-order valence-corrected chi connectivity index (χ0v) is 13.1. The fourth-order valence-electron chi connectivity index (χ4n) is 2.58. The summed E-state index contributed by atoms with van der Waals surface area (Å²) in [5.74, 6) is -3.89. The largest absolute Gasteiger partial charge is 0.389 e. The lowest BCUT2D eigenvalue weighted by atomic mass is 10.1. The minimum Gasteiger partial charge on any atom is -0.389 e. The molecule has 1 saturated heterocycles. The number of aliphatic hydroxyl groups excluding tert-OH is 1. The van der Waals surface area contributed by atoms with Crippen molar-refractivity contribution in [1.29, 1.82) is 0 Å². The lowest BCUT2D eigenvalue weighted by Crippen LogP contribution is -2.34. The summed E-state index contributed by atoms with van der Waals surface area (Å²) in [7, 11) is 1.71. The number of ether oxygens (including phenoxy) is 2. The first-order valence-corrected chi connectivity index (χ1v) is 7.65. The third kappa shape index (κ3) is 5.76. The Morgan fingerprint density at radius 3 is 2.48 bits per heavy atom. The molecular formula is C16H22F3NO3. The van der Waals surface area contributed by atoms with Gasteiger partial charge in [0.1, 0.15) is 0 Å². The van der Waals surface area contributed by atoms with Gasteiger partial charge >= 0.3 is 0 Å². The smallest absolute Gasteiger partial charge is 0.194 e. The normalized spacial score (nSPS) is 17.7. The van der Waals surface area contributed by atoms with Crippen molar-refractivity contribution in [3.8, 4) is 0 Å². The molecule has 4 nitrogen and oxygen atoms in total. The van der Waals surface area contributed by atoms with Crippen LogP contribution >= 0.6 is 0 Å². The van der Waals surface area contributed by atoms with Gasteiger partial charge in [0.05, 0.1) is 18.8 Å². The Labute approximate surface area is 133 Å². The van der Waals surface area contributed by atoms with Crippen molar-refractivity contribution < 1.29 is 27.8 Å². The first kappa shape index (κ1) is 18.2. The molecule has 130 valence electrons. The highest BCUT2D eigenvalue weighted by Gasteiger charge is 2.17. The second kappa shape index (κ2) is 8.63. The Hall–Kier alpha value is -1.15. The molecule has 1 atom stereocenters. The Kier molecular flexibility index (Phi) is 6.83. The molecular weight excluding hydrogens is 311 g/mol.